The van der Waals surface area contributed by atoms with Gasteiger partial charge in [0.1, 0.15) is 0 Å². The van der Waals surface area contributed by atoms with Gasteiger partial charge in [-0.3, -0.25) is 4.79 Å². The first-order valence-corrected chi connectivity index (χ1v) is 9.80. The Morgan fingerprint density at radius 1 is 1.26 bits per heavy atom. The largest absolute Gasteiger partial charge is 0.393 e. The number of halogens is 2. The summed E-state index contributed by atoms with van der Waals surface area (Å²) in [5.41, 5.74) is 6.33. The molecule has 8 heteroatoms. The summed E-state index contributed by atoms with van der Waals surface area (Å²) in [5, 5.41) is 13.2. The summed E-state index contributed by atoms with van der Waals surface area (Å²) < 4.78 is 26.6. The van der Waals surface area contributed by atoms with E-state index >= 15 is 0 Å². The zero-order chi connectivity index (χ0) is 19.4. The molecule has 1 aromatic heterocycles. The van der Waals surface area contributed by atoms with Gasteiger partial charge in [-0.1, -0.05) is 12.8 Å². The second kappa shape index (κ2) is 8.46. The lowest BCUT2D eigenvalue weighted by atomic mass is 9.92. The number of aliphatic hydroxyl groups excluding tert-OH is 1. The summed E-state index contributed by atoms with van der Waals surface area (Å²) in [6.45, 7) is 0. The number of rotatable bonds is 5. The first-order valence-electron chi connectivity index (χ1n) is 9.80. The van der Waals surface area contributed by atoms with Gasteiger partial charge >= 0.3 is 0 Å². The van der Waals surface area contributed by atoms with E-state index in [-0.39, 0.29) is 36.5 Å². The summed E-state index contributed by atoms with van der Waals surface area (Å²) in [6.07, 6.45) is 6.59. The third-order valence-corrected chi connectivity index (χ3v) is 5.67. The summed E-state index contributed by atoms with van der Waals surface area (Å²) in [5.74, 6) is -2.58. The molecule has 0 aliphatic heterocycles. The Kier molecular flexibility index (Phi) is 6.24. The molecule has 1 unspecified atom stereocenters. The fourth-order valence-corrected chi connectivity index (χ4v) is 4.11. The van der Waals surface area contributed by atoms with Gasteiger partial charge in [-0.25, -0.2) is 18.7 Å². The number of aromatic nitrogens is 2. The standard InChI is InChI=1S/C19H28F2N4O2/c20-19(21)7-5-13(6-8-19)24-18-23-11-15(17(22)27)16(25-18)10-12-3-1-2-4-14(26)9-12/h11-14,26H,1-10H2,(H2,22,27)(H,23,24,25)/t12-,14?/m1/s1. The van der Waals surface area contributed by atoms with Gasteiger partial charge in [-0.15, -0.1) is 0 Å². The van der Waals surface area contributed by atoms with E-state index < -0.39 is 11.8 Å². The Balaban J connectivity index is 1.71. The van der Waals surface area contributed by atoms with Crippen molar-refractivity contribution in [1.29, 1.82) is 0 Å². The highest BCUT2D eigenvalue weighted by atomic mass is 19.3. The lowest BCUT2D eigenvalue weighted by Crippen LogP contribution is -2.32. The van der Waals surface area contributed by atoms with Crippen LogP contribution in [0.4, 0.5) is 14.7 Å². The number of anilines is 1. The average Bonchev–Trinajstić information content (AvgIpc) is 2.80. The maximum absolute atomic E-state index is 13.3. The van der Waals surface area contributed by atoms with Crippen molar-refractivity contribution in [2.45, 2.75) is 82.3 Å². The lowest BCUT2D eigenvalue weighted by molar-refractivity contribution is -0.0361. The van der Waals surface area contributed by atoms with Gasteiger partial charge < -0.3 is 16.2 Å². The number of hydrogen-bond donors (Lipinski definition) is 3. The van der Waals surface area contributed by atoms with Gasteiger partial charge in [0.2, 0.25) is 11.9 Å². The monoisotopic (exact) mass is 382 g/mol. The smallest absolute Gasteiger partial charge is 0.252 e. The van der Waals surface area contributed by atoms with E-state index in [1.54, 1.807) is 0 Å². The van der Waals surface area contributed by atoms with Crippen LogP contribution in [0.25, 0.3) is 0 Å². The average molecular weight is 382 g/mol. The van der Waals surface area contributed by atoms with Crippen LogP contribution in [-0.4, -0.2) is 39.1 Å². The van der Waals surface area contributed by atoms with Gasteiger partial charge in [-0.05, 0) is 44.4 Å². The van der Waals surface area contributed by atoms with Crippen LogP contribution in [0.5, 0.6) is 0 Å². The van der Waals surface area contributed by atoms with Crippen LogP contribution >= 0.6 is 0 Å². The van der Waals surface area contributed by atoms with Crippen molar-refractivity contribution >= 4 is 11.9 Å². The first kappa shape index (κ1) is 19.9. The Hall–Kier alpha value is -1.83. The second-order valence-electron chi connectivity index (χ2n) is 7.94. The van der Waals surface area contributed by atoms with Crippen molar-refractivity contribution in [2.24, 2.45) is 11.7 Å². The Morgan fingerprint density at radius 3 is 2.67 bits per heavy atom. The third kappa shape index (κ3) is 5.57. The SMILES string of the molecule is NC(=O)c1cnc(NC2CCC(F)(F)CC2)nc1C[C@@H]1CCCCC(O)C1. The number of carbonyl (C=O) groups is 1. The minimum atomic E-state index is -2.58. The van der Waals surface area contributed by atoms with Crippen LogP contribution in [0, 0.1) is 5.92 Å². The topological polar surface area (TPSA) is 101 Å². The number of alkyl halides is 2. The van der Waals surface area contributed by atoms with E-state index in [4.69, 9.17) is 5.73 Å². The summed E-state index contributed by atoms with van der Waals surface area (Å²) in [4.78, 5) is 20.4. The molecular weight excluding hydrogens is 354 g/mol. The maximum Gasteiger partial charge on any atom is 0.252 e. The van der Waals surface area contributed by atoms with E-state index in [1.807, 2.05) is 0 Å². The molecular formula is C19H28F2N4O2. The molecule has 0 bridgehead atoms. The molecule has 1 amide bonds. The fourth-order valence-electron chi connectivity index (χ4n) is 4.11. The van der Waals surface area contributed by atoms with E-state index in [0.717, 1.165) is 25.7 Å². The van der Waals surface area contributed by atoms with Crippen LogP contribution in [0.3, 0.4) is 0 Å². The molecule has 1 aromatic rings. The zero-order valence-corrected chi connectivity index (χ0v) is 15.5. The number of nitrogens with one attached hydrogen (secondary N) is 1. The summed E-state index contributed by atoms with van der Waals surface area (Å²) in [6, 6.07) is -0.100. The van der Waals surface area contributed by atoms with Crippen molar-refractivity contribution in [3.63, 3.8) is 0 Å². The van der Waals surface area contributed by atoms with E-state index in [9.17, 15) is 18.7 Å². The molecule has 0 aromatic carbocycles. The predicted octanol–water partition coefficient (Wildman–Crippen LogP) is 3.05. The minimum Gasteiger partial charge on any atom is -0.393 e. The molecule has 2 aliphatic carbocycles. The number of nitrogens with zero attached hydrogens (tertiary/aromatic N) is 2. The number of carbonyl (C=O) groups excluding carboxylic acids is 1. The number of primary amides is 1. The van der Waals surface area contributed by atoms with Crippen LogP contribution in [-0.2, 0) is 6.42 Å². The number of nitrogens with two attached hydrogens (primary N) is 1. The quantitative estimate of drug-likeness (QED) is 0.680. The molecule has 27 heavy (non-hydrogen) atoms. The molecule has 150 valence electrons. The molecule has 6 nitrogen and oxygen atoms in total. The van der Waals surface area contributed by atoms with Gasteiger partial charge in [0.05, 0.1) is 17.4 Å². The Morgan fingerprint density at radius 2 is 1.96 bits per heavy atom. The molecule has 3 rings (SSSR count). The van der Waals surface area contributed by atoms with Crippen molar-refractivity contribution in [3.05, 3.63) is 17.5 Å². The predicted molar refractivity (Wildman–Crippen MR) is 97.7 cm³/mol. The second-order valence-corrected chi connectivity index (χ2v) is 7.94. The van der Waals surface area contributed by atoms with Crippen LogP contribution in [0.2, 0.25) is 0 Å². The van der Waals surface area contributed by atoms with Crippen molar-refractivity contribution in [3.8, 4) is 0 Å². The normalized spacial score (nSPS) is 26.3. The number of aliphatic hydroxyl groups is 1. The van der Waals surface area contributed by atoms with E-state index in [0.29, 0.717) is 37.3 Å². The van der Waals surface area contributed by atoms with Crippen LogP contribution in [0.1, 0.15) is 73.8 Å². The highest BCUT2D eigenvalue weighted by Gasteiger charge is 2.35. The molecule has 2 fully saturated rings. The maximum atomic E-state index is 13.3. The lowest BCUT2D eigenvalue weighted by Gasteiger charge is -2.29. The molecule has 0 spiro atoms. The summed E-state index contributed by atoms with van der Waals surface area (Å²) in [7, 11) is 0. The fraction of sp³-hybridized carbons (Fsp3) is 0.737. The summed E-state index contributed by atoms with van der Waals surface area (Å²) >= 11 is 0. The molecule has 0 radical (unpaired) electrons. The molecule has 4 N–H and O–H groups in total. The van der Waals surface area contributed by atoms with E-state index in [1.165, 1.54) is 6.20 Å². The molecule has 0 saturated heterocycles. The van der Waals surface area contributed by atoms with Crippen LogP contribution < -0.4 is 11.1 Å². The van der Waals surface area contributed by atoms with Crippen molar-refractivity contribution in [1.82, 2.24) is 9.97 Å². The van der Waals surface area contributed by atoms with Gasteiger partial charge in [0.15, 0.2) is 0 Å². The van der Waals surface area contributed by atoms with Gasteiger partial charge in [-0.2, -0.15) is 0 Å². The van der Waals surface area contributed by atoms with E-state index in [2.05, 4.69) is 15.3 Å². The molecule has 2 aliphatic rings. The molecule has 1 heterocycles. The molecule has 2 atom stereocenters. The van der Waals surface area contributed by atoms with Crippen molar-refractivity contribution in [2.75, 3.05) is 5.32 Å². The highest BCUT2D eigenvalue weighted by Crippen LogP contribution is 2.34. The minimum absolute atomic E-state index is 0.100. The van der Waals surface area contributed by atoms with Crippen molar-refractivity contribution < 1.29 is 18.7 Å². The Bertz CT molecular complexity index is 661. The Labute approximate surface area is 158 Å². The van der Waals surface area contributed by atoms with Gasteiger partial charge in [0, 0.05) is 25.1 Å². The third-order valence-electron chi connectivity index (χ3n) is 5.67. The van der Waals surface area contributed by atoms with Crippen LogP contribution in [0.15, 0.2) is 6.20 Å². The number of amides is 1. The number of hydrogen-bond acceptors (Lipinski definition) is 5. The van der Waals surface area contributed by atoms with Gasteiger partial charge in [0.25, 0.3) is 5.91 Å². The zero-order valence-electron chi connectivity index (χ0n) is 15.5. The molecule has 2 saturated carbocycles. The highest BCUT2D eigenvalue weighted by molar-refractivity contribution is 5.93. The first-order chi connectivity index (χ1) is 12.8.